The summed E-state index contributed by atoms with van der Waals surface area (Å²) in [6.07, 6.45) is 6.78. The van der Waals surface area contributed by atoms with E-state index >= 15 is 0 Å². The fourth-order valence-corrected chi connectivity index (χ4v) is 3.37. The molecule has 1 saturated carbocycles. The average molecular weight is 316 g/mol. The Labute approximate surface area is 139 Å². The van der Waals surface area contributed by atoms with Gasteiger partial charge < -0.3 is 10.2 Å². The standard InChI is InChI=1S/C19H28N2O2/c1-14-10-11-18(15(2)12-14)20-19(23)13-21(16(3)22)17-8-6-4-5-7-9-17/h10-12,17H,4-9,13H2,1-3H3,(H,20,23). The normalized spacial score (nSPS) is 15.8. The van der Waals surface area contributed by atoms with Crippen molar-refractivity contribution >= 4 is 17.5 Å². The fraction of sp³-hybridized carbons (Fsp3) is 0.579. The summed E-state index contributed by atoms with van der Waals surface area (Å²) in [6.45, 7) is 5.72. The van der Waals surface area contributed by atoms with Gasteiger partial charge in [0.05, 0.1) is 0 Å². The van der Waals surface area contributed by atoms with Gasteiger partial charge in [0.15, 0.2) is 0 Å². The fourth-order valence-electron chi connectivity index (χ4n) is 3.37. The van der Waals surface area contributed by atoms with Gasteiger partial charge in [-0.2, -0.15) is 0 Å². The predicted octanol–water partition coefficient (Wildman–Crippen LogP) is 3.81. The van der Waals surface area contributed by atoms with Gasteiger partial charge >= 0.3 is 0 Å². The molecule has 0 unspecified atom stereocenters. The van der Waals surface area contributed by atoms with Crippen LogP contribution in [0.2, 0.25) is 0 Å². The number of amides is 2. The lowest BCUT2D eigenvalue weighted by atomic mass is 10.1. The zero-order chi connectivity index (χ0) is 16.8. The van der Waals surface area contributed by atoms with Crippen LogP contribution in [0.3, 0.4) is 0 Å². The van der Waals surface area contributed by atoms with Crippen LogP contribution in [0.4, 0.5) is 5.69 Å². The molecule has 23 heavy (non-hydrogen) atoms. The second-order valence-electron chi connectivity index (χ2n) is 6.66. The minimum absolute atomic E-state index is 0.00678. The maximum atomic E-state index is 12.4. The molecular formula is C19H28N2O2. The Hall–Kier alpha value is -1.84. The van der Waals surface area contributed by atoms with Crippen molar-refractivity contribution in [3.05, 3.63) is 29.3 Å². The number of hydrogen-bond donors (Lipinski definition) is 1. The van der Waals surface area contributed by atoms with Crippen LogP contribution in [-0.4, -0.2) is 29.3 Å². The molecule has 126 valence electrons. The van der Waals surface area contributed by atoms with Gasteiger partial charge in [0, 0.05) is 18.7 Å². The van der Waals surface area contributed by atoms with Crippen molar-refractivity contribution in [2.45, 2.75) is 65.3 Å². The number of aryl methyl sites for hydroxylation is 2. The van der Waals surface area contributed by atoms with E-state index in [0.29, 0.717) is 0 Å². The summed E-state index contributed by atoms with van der Waals surface area (Å²) >= 11 is 0. The van der Waals surface area contributed by atoms with Gasteiger partial charge in [0.25, 0.3) is 0 Å². The summed E-state index contributed by atoms with van der Waals surface area (Å²) in [4.78, 5) is 26.1. The minimum Gasteiger partial charge on any atom is -0.331 e. The summed E-state index contributed by atoms with van der Waals surface area (Å²) in [7, 11) is 0. The minimum atomic E-state index is -0.114. The van der Waals surface area contributed by atoms with E-state index in [-0.39, 0.29) is 24.4 Å². The lowest BCUT2D eigenvalue weighted by Crippen LogP contribution is -2.43. The first-order valence-corrected chi connectivity index (χ1v) is 8.61. The van der Waals surface area contributed by atoms with E-state index in [1.165, 1.54) is 18.4 Å². The highest BCUT2D eigenvalue weighted by atomic mass is 16.2. The molecule has 0 radical (unpaired) electrons. The van der Waals surface area contributed by atoms with E-state index in [4.69, 9.17) is 0 Å². The number of nitrogens with zero attached hydrogens (tertiary/aromatic N) is 1. The zero-order valence-corrected chi connectivity index (χ0v) is 14.5. The highest BCUT2D eigenvalue weighted by molar-refractivity contribution is 5.95. The van der Waals surface area contributed by atoms with Crippen LogP contribution in [0.5, 0.6) is 0 Å². The zero-order valence-electron chi connectivity index (χ0n) is 14.5. The van der Waals surface area contributed by atoms with Crippen molar-refractivity contribution in [3.8, 4) is 0 Å². The van der Waals surface area contributed by atoms with Crippen molar-refractivity contribution < 1.29 is 9.59 Å². The molecule has 0 heterocycles. The molecule has 4 nitrogen and oxygen atoms in total. The maximum absolute atomic E-state index is 12.4. The lowest BCUT2D eigenvalue weighted by Gasteiger charge is -2.29. The number of carbonyl (C=O) groups is 2. The molecule has 2 amide bonds. The van der Waals surface area contributed by atoms with Gasteiger partial charge in [-0.3, -0.25) is 9.59 Å². The first-order valence-electron chi connectivity index (χ1n) is 8.61. The molecule has 1 aliphatic carbocycles. The summed E-state index contributed by atoms with van der Waals surface area (Å²) < 4.78 is 0. The summed E-state index contributed by atoms with van der Waals surface area (Å²) in [5.41, 5.74) is 3.04. The van der Waals surface area contributed by atoms with Crippen molar-refractivity contribution in [1.82, 2.24) is 4.90 Å². The predicted molar refractivity (Wildman–Crippen MR) is 93.4 cm³/mol. The second kappa shape index (κ2) is 8.14. The Kier molecular flexibility index (Phi) is 6.20. The molecule has 0 spiro atoms. The Balaban J connectivity index is 2.01. The molecule has 0 saturated heterocycles. The number of carbonyl (C=O) groups excluding carboxylic acids is 2. The van der Waals surface area contributed by atoms with E-state index in [1.54, 1.807) is 11.8 Å². The van der Waals surface area contributed by atoms with E-state index in [0.717, 1.165) is 36.9 Å². The van der Waals surface area contributed by atoms with Crippen molar-refractivity contribution in [2.75, 3.05) is 11.9 Å². The largest absolute Gasteiger partial charge is 0.331 e. The van der Waals surface area contributed by atoms with E-state index in [9.17, 15) is 9.59 Å². The molecule has 0 aromatic heterocycles. The highest BCUT2D eigenvalue weighted by Gasteiger charge is 2.24. The Morgan fingerprint density at radius 1 is 1.13 bits per heavy atom. The monoisotopic (exact) mass is 316 g/mol. The Bertz CT molecular complexity index is 560. The van der Waals surface area contributed by atoms with Gasteiger partial charge in [-0.05, 0) is 38.3 Å². The number of benzene rings is 1. The molecule has 1 aromatic rings. The van der Waals surface area contributed by atoms with E-state index in [2.05, 4.69) is 5.32 Å². The van der Waals surface area contributed by atoms with E-state index in [1.807, 2.05) is 32.0 Å². The molecule has 1 aliphatic rings. The van der Waals surface area contributed by atoms with Crippen LogP contribution < -0.4 is 5.32 Å². The van der Waals surface area contributed by atoms with Gasteiger partial charge in [-0.15, -0.1) is 0 Å². The van der Waals surface area contributed by atoms with Crippen molar-refractivity contribution in [2.24, 2.45) is 0 Å². The number of anilines is 1. The maximum Gasteiger partial charge on any atom is 0.244 e. The van der Waals surface area contributed by atoms with Gasteiger partial charge in [0.1, 0.15) is 6.54 Å². The molecule has 0 bridgehead atoms. The second-order valence-corrected chi connectivity index (χ2v) is 6.66. The molecule has 0 atom stereocenters. The van der Waals surface area contributed by atoms with Crippen LogP contribution in [0, 0.1) is 13.8 Å². The van der Waals surface area contributed by atoms with Crippen LogP contribution in [0.25, 0.3) is 0 Å². The number of hydrogen-bond acceptors (Lipinski definition) is 2. The Morgan fingerprint density at radius 3 is 2.35 bits per heavy atom. The third kappa shape index (κ3) is 5.08. The van der Waals surface area contributed by atoms with Crippen LogP contribution in [0.1, 0.15) is 56.6 Å². The summed E-state index contributed by atoms with van der Waals surface area (Å²) in [5.74, 6) is -0.121. The summed E-state index contributed by atoms with van der Waals surface area (Å²) in [5, 5.41) is 2.94. The van der Waals surface area contributed by atoms with E-state index < -0.39 is 0 Å². The van der Waals surface area contributed by atoms with Crippen molar-refractivity contribution in [1.29, 1.82) is 0 Å². The quantitative estimate of drug-likeness (QED) is 0.859. The van der Waals surface area contributed by atoms with Crippen LogP contribution in [-0.2, 0) is 9.59 Å². The van der Waals surface area contributed by atoms with Crippen LogP contribution >= 0.6 is 0 Å². The molecule has 4 heteroatoms. The lowest BCUT2D eigenvalue weighted by molar-refractivity contribution is -0.135. The Morgan fingerprint density at radius 2 is 1.78 bits per heavy atom. The van der Waals surface area contributed by atoms with Gasteiger partial charge in [-0.1, -0.05) is 43.4 Å². The average Bonchev–Trinajstić information content (AvgIpc) is 2.76. The smallest absolute Gasteiger partial charge is 0.244 e. The molecular weight excluding hydrogens is 288 g/mol. The molecule has 1 N–H and O–H groups in total. The van der Waals surface area contributed by atoms with Gasteiger partial charge in [-0.25, -0.2) is 0 Å². The number of rotatable bonds is 4. The van der Waals surface area contributed by atoms with Crippen LogP contribution in [0.15, 0.2) is 18.2 Å². The molecule has 1 aromatic carbocycles. The number of nitrogens with one attached hydrogen (secondary N) is 1. The molecule has 1 fully saturated rings. The highest BCUT2D eigenvalue weighted by Crippen LogP contribution is 2.22. The topological polar surface area (TPSA) is 49.4 Å². The molecule has 2 rings (SSSR count). The molecule has 0 aliphatic heterocycles. The third-order valence-corrected chi connectivity index (χ3v) is 4.64. The third-order valence-electron chi connectivity index (χ3n) is 4.64. The van der Waals surface area contributed by atoms with Crippen molar-refractivity contribution in [3.63, 3.8) is 0 Å². The first-order chi connectivity index (χ1) is 11.0. The first kappa shape index (κ1) is 17.5. The summed E-state index contributed by atoms with van der Waals surface area (Å²) in [6, 6.07) is 6.16. The van der Waals surface area contributed by atoms with Gasteiger partial charge in [0.2, 0.25) is 11.8 Å². The SMILES string of the molecule is CC(=O)N(CC(=O)Nc1ccc(C)cc1C)C1CCCCCC1.